The van der Waals surface area contributed by atoms with Gasteiger partial charge in [0, 0.05) is 25.7 Å². The molecule has 582 valence electrons. The fraction of sp³-hybridized carbons (Fsp3) is 0.949. The Kier molecular flexibility index (Phi) is 70.6. The first-order chi connectivity index (χ1) is 47.5. The molecular weight excluding hydrogens is 1280 g/mol. The van der Waals surface area contributed by atoms with Gasteiger partial charge in [0.25, 0.3) is 0 Å². The highest BCUT2D eigenvalue weighted by molar-refractivity contribution is 7.47. The molecule has 0 fully saturated rings. The number of aliphatic hydroxyl groups is 1. The SMILES string of the molecule is CCCCCCCCCCCCCCCCCCC(=O)OC[C@H](COP(=O)(O)OC[C@@H](O)COP(=O)(O)OC[C@@H](COC(=O)CCCCCCCCCCCC)OC(=O)CCCCCCCCCCCCCCCC)OC(=O)CCCCCCCCCCCCCCCCCC(C)C. The van der Waals surface area contributed by atoms with Gasteiger partial charge in [-0.3, -0.25) is 37.3 Å². The molecule has 98 heavy (non-hydrogen) atoms. The molecule has 2 unspecified atom stereocenters. The fourth-order valence-electron chi connectivity index (χ4n) is 12.2. The minimum atomic E-state index is -4.96. The molecule has 19 heteroatoms. The number of phosphoric ester groups is 2. The first-order valence-electron chi connectivity index (χ1n) is 41.1. The monoisotopic (exact) mass is 1440 g/mol. The van der Waals surface area contributed by atoms with Gasteiger partial charge in [-0.1, -0.05) is 369 Å². The van der Waals surface area contributed by atoms with E-state index in [2.05, 4.69) is 34.6 Å². The summed E-state index contributed by atoms with van der Waals surface area (Å²) in [4.78, 5) is 72.9. The van der Waals surface area contributed by atoms with Gasteiger partial charge in [-0.2, -0.15) is 0 Å². The van der Waals surface area contributed by atoms with Crippen molar-refractivity contribution in [1.29, 1.82) is 0 Å². The van der Waals surface area contributed by atoms with E-state index in [-0.39, 0.29) is 25.7 Å². The summed E-state index contributed by atoms with van der Waals surface area (Å²) in [5.74, 6) is -1.30. The summed E-state index contributed by atoms with van der Waals surface area (Å²) in [5, 5.41) is 10.6. The van der Waals surface area contributed by atoms with E-state index < -0.39 is 97.5 Å². The number of hydrogen-bond donors (Lipinski definition) is 3. The predicted molar refractivity (Wildman–Crippen MR) is 400 cm³/mol. The van der Waals surface area contributed by atoms with Crippen LogP contribution >= 0.6 is 15.6 Å². The van der Waals surface area contributed by atoms with Crippen LogP contribution in [-0.2, 0) is 65.4 Å². The summed E-state index contributed by atoms with van der Waals surface area (Å²) in [6.45, 7) is 7.34. The van der Waals surface area contributed by atoms with E-state index in [0.29, 0.717) is 25.7 Å². The molecule has 0 spiro atoms. The maximum atomic E-state index is 13.1. The van der Waals surface area contributed by atoms with Crippen LogP contribution in [0, 0.1) is 5.92 Å². The van der Waals surface area contributed by atoms with E-state index in [1.54, 1.807) is 0 Å². The zero-order chi connectivity index (χ0) is 71.9. The van der Waals surface area contributed by atoms with Gasteiger partial charge >= 0.3 is 39.5 Å². The van der Waals surface area contributed by atoms with Crippen LogP contribution in [-0.4, -0.2) is 96.7 Å². The van der Waals surface area contributed by atoms with Gasteiger partial charge in [0.05, 0.1) is 26.4 Å². The van der Waals surface area contributed by atoms with Crippen molar-refractivity contribution < 1.29 is 80.2 Å². The normalized spacial score (nSPS) is 13.9. The first kappa shape index (κ1) is 96.1. The van der Waals surface area contributed by atoms with Gasteiger partial charge < -0.3 is 33.8 Å². The third-order valence-electron chi connectivity index (χ3n) is 18.5. The molecule has 17 nitrogen and oxygen atoms in total. The summed E-state index contributed by atoms with van der Waals surface area (Å²) in [7, 11) is -9.91. The number of rotatable bonds is 79. The van der Waals surface area contributed by atoms with Crippen molar-refractivity contribution in [2.75, 3.05) is 39.6 Å². The Morgan fingerprint density at radius 3 is 0.694 bits per heavy atom. The lowest BCUT2D eigenvalue weighted by molar-refractivity contribution is -0.161. The van der Waals surface area contributed by atoms with E-state index in [1.807, 2.05) is 0 Å². The molecule has 0 aromatic carbocycles. The number of aliphatic hydroxyl groups excluding tert-OH is 1. The summed E-state index contributed by atoms with van der Waals surface area (Å²) >= 11 is 0. The topological polar surface area (TPSA) is 237 Å². The molecule has 0 saturated heterocycles. The average molecular weight is 1440 g/mol. The number of esters is 4. The quantitative estimate of drug-likeness (QED) is 0.0222. The van der Waals surface area contributed by atoms with Gasteiger partial charge in [0.15, 0.2) is 12.2 Å². The molecule has 0 saturated carbocycles. The number of ether oxygens (including phenoxy) is 4. The van der Waals surface area contributed by atoms with Gasteiger partial charge in [-0.15, -0.1) is 0 Å². The van der Waals surface area contributed by atoms with E-state index in [0.717, 1.165) is 95.8 Å². The molecule has 3 N–H and O–H groups in total. The Balaban J connectivity index is 5.24. The lowest BCUT2D eigenvalue weighted by Gasteiger charge is -2.21. The van der Waals surface area contributed by atoms with Gasteiger partial charge in [0.1, 0.15) is 19.3 Å². The first-order valence-corrected chi connectivity index (χ1v) is 44.1. The van der Waals surface area contributed by atoms with Crippen LogP contribution < -0.4 is 0 Å². The van der Waals surface area contributed by atoms with Crippen molar-refractivity contribution in [1.82, 2.24) is 0 Å². The second-order valence-electron chi connectivity index (χ2n) is 28.9. The summed E-state index contributed by atoms with van der Waals surface area (Å²) in [5.41, 5.74) is 0. The van der Waals surface area contributed by atoms with Crippen LogP contribution in [0.3, 0.4) is 0 Å². The van der Waals surface area contributed by atoms with Crippen molar-refractivity contribution in [3.05, 3.63) is 0 Å². The van der Waals surface area contributed by atoms with E-state index in [1.165, 1.54) is 244 Å². The largest absolute Gasteiger partial charge is 0.472 e. The number of carbonyl (C=O) groups excluding carboxylic acids is 4. The highest BCUT2D eigenvalue weighted by Gasteiger charge is 2.30. The fourth-order valence-corrected chi connectivity index (χ4v) is 13.8. The predicted octanol–water partition coefficient (Wildman–Crippen LogP) is 23.6. The molecule has 0 aromatic heterocycles. The zero-order valence-corrected chi connectivity index (χ0v) is 65.7. The standard InChI is InChI=1S/C79H154O17P2/c1-6-9-12-15-18-21-24-26-28-31-35-38-43-48-53-58-63-77(82)90-69-75(96-79(84)65-60-55-50-45-40-36-32-29-30-33-37-41-46-51-56-61-72(4)5)71-94-98(87,88)92-67-73(80)66-91-97(85,86)93-70-74(68-89-76(81)62-57-52-47-42-23-20-17-14-11-8-3)95-78(83)64-59-54-49-44-39-34-27-25-22-19-16-13-10-7-2/h72-75,80H,6-71H2,1-5H3,(H,85,86)(H,87,88)/t73-,74+,75+/m0/s1. The van der Waals surface area contributed by atoms with Crippen LogP contribution in [0.4, 0.5) is 0 Å². The molecule has 0 aliphatic carbocycles. The zero-order valence-electron chi connectivity index (χ0n) is 63.9. The summed E-state index contributed by atoms with van der Waals surface area (Å²) < 4.78 is 68.6. The Morgan fingerprint density at radius 1 is 0.276 bits per heavy atom. The van der Waals surface area contributed by atoms with Crippen molar-refractivity contribution >= 4 is 39.5 Å². The minimum absolute atomic E-state index is 0.108. The third kappa shape index (κ3) is 72.4. The Morgan fingerprint density at radius 2 is 0.469 bits per heavy atom. The Hall–Kier alpha value is -1.94. The van der Waals surface area contributed by atoms with Gasteiger partial charge in [0.2, 0.25) is 0 Å². The second kappa shape index (κ2) is 72.0. The van der Waals surface area contributed by atoms with Crippen LogP contribution in [0.5, 0.6) is 0 Å². The maximum absolute atomic E-state index is 13.1. The van der Waals surface area contributed by atoms with E-state index in [4.69, 9.17) is 37.0 Å². The average Bonchev–Trinajstić information content (AvgIpc) is 1.01. The molecule has 0 amide bonds. The van der Waals surface area contributed by atoms with Crippen molar-refractivity contribution in [3.8, 4) is 0 Å². The van der Waals surface area contributed by atoms with Crippen LogP contribution in [0.15, 0.2) is 0 Å². The lowest BCUT2D eigenvalue weighted by Crippen LogP contribution is -2.30. The number of carbonyl (C=O) groups is 4. The third-order valence-corrected chi connectivity index (χ3v) is 20.4. The van der Waals surface area contributed by atoms with E-state index >= 15 is 0 Å². The van der Waals surface area contributed by atoms with Crippen LogP contribution in [0.1, 0.15) is 420 Å². The summed E-state index contributed by atoms with van der Waals surface area (Å²) in [6, 6.07) is 0. The molecule has 0 aromatic rings. The molecule has 0 heterocycles. The lowest BCUT2D eigenvalue weighted by atomic mass is 10.0. The highest BCUT2D eigenvalue weighted by Crippen LogP contribution is 2.45. The molecule has 0 aliphatic heterocycles. The highest BCUT2D eigenvalue weighted by atomic mass is 31.2. The second-order valence-corrected chi connectivity index (χ2v) is 31.8. The molecule has 5 atom stereocenters. The molecule has 0 aliphatic rings. The van der Waals surface area contributed by atoms with Crippen molar-refractivity contribution in [2.24, 2.45) is 5.92 Å². The van der Waals surface area contributed by atoms with Crippen LogP contribution in [0.25, 0.3) is 0 Å². The molecule has 0 bridgehead atoms. The van der Waals surface area contributed by atoms with Crippen molar-refractivity contribution in [3.63, 3.8) is 0 Å². The Bertz CT molecular complexity index is 1870. The van der Waals surface area contributed by atoms with Gasteiger partial charge in [-0.05, 0) is 31.6 Å². The number of unbranched alkanes of at least 4 members (excludes halogenated alkanes) is 51. The summed E-state index contributed by atoms with van der Waals surface area (Å²) in [6.07, 6.45) is 62.3. The van der Waals surface area contributed by atoms with E-state index in [9.17, 15) is 43.2 Å². The minimum Gasteiger partial charge on any atom is -0.462 e. The van der Waals surface area contributed by atoms with Crippen LogP contribution in [0.2, 0.25) is 0 Å². The number of hydrogen-bond acceptors (Lipinski definition) is 15. The smallest absolute Gasteiger partial charge is 0.462 e. The Labute approximate surface area is 600 Å². The molecular formula is C79H154O17P2. The molecule has 0 radical (unpaired) electrons. The maximum Gasteiger partial charge on any atom is 0.472 e. The molecule has 0 rings (SSSR count). The van der Waals surface area contributed by atoms with Crippen molar-refractivity contribution in [2.45, 2.75) is 438 Å². The van der Waals surface area contributed by atoms with Gasteiger partial charge in [-0.25, -0.2) is 9.13 Å². The number of phosphoric acid groups is 2.